The molecule has 0 unspecified atom stereocenters. The third kappa shape index (κ3) is 1.49. The average molecular weight is 271 g/mol. The van der Waals surface area contributed by atoms with Gasteiger partial charge in [0.2, 0.25) is 0 Å². The van der Waals surface area contributed by atoms with Gasteiger partial charge in [0.05, 0.1) is 20.6 Å². The molecule has 0 atom stereocenters. The van der Waals surface area contributed by atoms with Crippen LogP contribution in [0.3, 0.4) is 0 Å². The molecule has 1 saturated carbocycles. The van der Waals surface area contributed by atoms with Crippen molar-refractivity contribution in [2.75, 3.05) is 0 Å². The van der Waals surface area contributed by atoms with Crippen LogP contribution in [-0.4, -0.2) is 4.98 Å². The Bertz CT molecular complexity index is 399. The van der Waals surface area contributed by atoms with Crippen molar-refractivity contribution in [1.29, 1.82) is 5.26 Å². The summed E-state index contributed by atoms with van der Waals surface area (Å²) in [5, 5.41) is 10.2. The molecule has 1 fully saturated rings. The summed E-state index contributed by atoms with van der Waals surface area (Å²) in [5.41, 5.74) is 0.705. The number of thiazole rings is 1. The van der Waals surface area contributed by atoms with Crippen molar-refractivity contribution in [3.05, 3.63) is 14.5 Å². The van der Waals surface area contributed by atoms with Crippen molar-refractivity contribution in [3.8, 4) is 6.07 Å². The lowest BCUT2D eigenvalue weighted by Gasteiger charge is -2.01. The zero-order valence-electron chi connectivity index (χ0n) is 8.17. The van der Waals surface area contributed by atoms with Crippen LogP contribution in [0.1, 0.15) is 43.3 Å². The maximum Gasteiger partial charge on any atom is 0.101 e. The highest BCUT2D eigenvalue weighted by molar-refractivity contribution is 9.11. The molecule has 0 amide bonds. The van der Waals surface area contributed by atoms with Crippen molar-refractivity contribution in [2.45, 2.75) is 38.0 Å². The molecule has 0 bridgehead atoms. The zero-order valence-corrected chi connectivity index (χ0v) is 10.6. The third-order valence-electron chi connectivity index (χ3n) is 2.51. The van der Waals surface area contributed by atoms with Crippen molar-refractivity contribution in [3.63, 3.8) is 0 Å². The molecule has 1 aromatic rings. The van der Waals surface area contributed by atoms with E-state index < -0.39 is 0 Å². The predicted molar refractivity (Wildman–Crippen MR) is 60.4 cm³/mol. The van der Waals surface area contributed by atoms with E-state index in [1.165, 1.54) is 0 Å². The van der Waals surface area contributed by atoms with Gasteiger partial charge in [0.25, 0.3) is 0 Å². The van der Waals surface area contributed by atoms with Gasteiger partial charge in [0.15, 0.2) is 0 Å². The van der Waals surface area contributed by atoms with E-state index >= 15 is 0 Å². The van der Waals surface area contributed by atoms with Gasteiger partial charge >= 0.3 is 0 Å². The van der Waals surface area contributed by atoms with Crippen LogP contribution in [0, 0.1) is 11.3 Å². The van der Waals surface area contributed by atoms with E-state index in [1.807, 2.05) is 0 Å². The second-order valence-electron chi connectivity index (χ2n) is 4.02. The third-order valence-corrected chi connectivity index (χ3v) is 4.52. The molecule has 0 aliphatic heterocycles. The topological polar surface area (TPSA) is 36.7 Å². The molecule has 0 aromatic carbocycles. The summed E-state index contributed by atoms with van der Waals surface area (Å²) in [6.45, 7) is 4.25. The highest BCUT2D eigenvalue weighted by Crippen LogP contribution is 2.51. The van der Waals surface area contributed by atoms with Crippen molar-refractivity contribution < 1.29 is 0 Å². The predicted octanol–water partition coefficient (Wildman–Crippen LogP) is 3.58. The summed E-state index contributed by atoms with van der Waals surface area (Å²) in [7, 11) is 0. The number of nitrogens with zero attached hydrogens (tertiary/aromatic N) is 2. The minimum atomic E-state index is -0.261. The fourth-order valence-electron chi connectivity index (χ4n) is 1.39. The largest absolute Gasteiger partial charge is 0.243 e. The Hall–Kier alpha value is -0.400. The van der Waals surface area contributed by atoms with Gasteiger partial charge in [-0.3, -0.25) is 0 Å². The van der Waals surface area contributed by atoms with Gasteiger partial charge in [-0.25, -0.2) is 4.98 Å². The molecule has 2 rings (SSSR count). The number of aromatic nitrogens is 1. The quantitative estimate of drug-likeness (QED) is 0.824. The molecule has 0 radical (unpaired) electrons. The summed E-state index contributed by atoms with van der Waals surface area (Å²) in [6.07, 6.45) is 1.92. The van der Waals surface area contributed by atoms with Gasteiger partial charge in [-0.15, -0.1) is 11.3 Å². The first kappa shape index (κ1) is 10.1. The highest BCUT2D eigenvalue weighted by Gasteiger charge is 2.48. The molecule has 4 heteroatoms. The standard InChI is InChI=1S/C10H11BrN2S/c1-6(2)9-13-7(8(11)14-9)10(5-12)3-4-10/h6H,3-4H2,1-2H3. The maximum atomic E-state index is 9.08. The van der Waals surface area contributed by atoms with Crippen LogP contribution < -0.4 is 0 Å². The van der Waals surface area contributed by atoms with E-state index in [1.54, 1.807) is 11.3 Å². The average Bonchev–Trinajstić information content (AvgIpc) is 2.84. The zero-order chi connectivity index (χ0) is 10.3. The Labute approximate surface area is 96.1 Å². The number of rotatable bonds is 2. The smallest absolute Gasteiger partial charge is 0.101 e. The fourth-order valence-corrected chi connectivity index (χ4v) is 3.25. The van der Waals surface area contributed by atoms with E-state index in [0.717, 1.165) is 27.3 Å². The maximum absolute atomic E-state index is 9.08. The Kier molecular flexibility index (Phi) is 2.40. The van der Waals surface area contributed by atoms with Crippen LogP contribution in [0.15, 0.2) is 3.79 Å². The van der Waals surface area contributed by atoms with E-state index in [0.29, 0.717) is 5.92 Å². The van der Waals surface area contributed by atoms with Crippen molar-refractivity contribution in [2.24, 2.45) is 0 Å². The highest BCUT2D eigenvalue weighted by atomic mass is 79.9. The minimum Gasteiger partial charge on any atom is -0.243 e. The molecule has 74 valence electrons. The van der Waals surface area contributed by atoms with E-state index in [9.17, 15) is 0 Å². The molecule has 0 saturated heterocycles. The van der Waals surface area contributed by atoms with E-state index in [2.05, 4.69) is 40.8 Å². The van der Waals surface area contributed by atoms with Crippen LogP contribution >= 0.6 is 27.3 Å². The van der Waals surface area contributed by atoms with Gasteiger partial charge < -0.3 is 0 Å². The normalized spacial score (nSPS) is 18.2. The van der Waals surface area contributed by atoms with Crippen molar-refractivity contribution >= 4 is 27.3 Å². The first-order valence-corrected chi connectivity index (χ1v) is 6.28. The summed E-state index contributed by atoms with van der Waals surface area (Å²) >= 11 is 5.17. The first-order chi connectivity index (χ1) is 6.59. The number of halogens is 1. The van der Waals surface area contributed by atoms with Gasteiger partial charge in [0, 0.05) is 5.92 Å². The molecular weight excluding hydrogens is 260 g/mol. The fraction of sp³-hybridized carbons (Fsp3) is 0.600. The van der Waals surface area contributed by atoms with Gasteiger partial charge in [-0.05, 0) is 28.8 Å². The Morgan fingerprint density at radius 3 is 2.57 bits per heavy atom. The lowest BCUT2D eigenvalue weighted by molar-refractivity contribution is 0.804. The molecule has 2 nitrogen and oxygen atoms in total. The van der Waals surface area contributed by atoms with Crippen LogP contribution in [0.25, 0.3) is 0 Å². The molecule has 14 heavy (non-hydrogen) atoms. The summed E-state index contributed by atoms with van der Waals surface area (Å²) in [6, 6.07) is 2.38. The lowest BCUT2D eigenvalue weighted by atomic mass is 10.1. The summed E-state index contributed by atoms with van der Waals surface area (Å²) in [5.74, 6) is 0.444. The molecule has 1 heterocycles. The Balaban J connectivity index is 2.41. The molecule has 0 N–H and O–H groups in total. The van der Waals surface area contributed by atoms with Crippen LogP contribution in [0.5, 0.6) is 0 Å². The molecular formula is C10H11BrN2S. The second-order valence-corrected chi connectivity index (χ2v) is 6.37. The number of nitriles is 1. The van der Waals surface area contributed by atoms with Crippen molar-refractivity contribution in [1.82, 2.24) is 4.98 Å². The molecule has 1 aliphatic rings. The molecule has 1 aromatic heterocycles. The Morgan fingerprint density at radius 1 is 1.57 bits per heavy atom. The SMILES string of the molecule is CC(C)c1nc(C2(C#N)CC2)c(Br)s1. The lowest BCUT2D eigenvalue weighted by Crippen LogP contribution is -2.04. The van der Waals surface area contributed by atoms with Gasteiger partial charge in [-0.1, -0.05) is 13.8 Å². The molecule has 1 aliphatic carbocycles. The van der Waals surface area contributed by atoms with E-state index in [4.69, 9.17) is 5.26 Å². The summed E-state index contributed by atoms with van der Waals surface area (Å²) in [4.78, 5) is 4.56. The van der Waals surface area contributed by atoms with Crippen LogP contribution in [-0.2, 0) is 5.41 Å². The van der Waals surface area contributed by atoms with Gasteiger partial charge in [-0.2, -0.15) is 5.26 Å². The first-order valence-electron chi connectivity index (χ1n) is 4.67. The second kappa shape index (κ2) is 3.32. The van der Waals surface area contributed by atoms with E-state index in [-0.39, 0.29) is 5.41 Å². The number of hydrogen-bond donors (Lipinski definition) is 0. The minimum absolute atomic E-state index is 0.261. The monoisotopic (exact) mass is 270 g/mol. The van der Waals surface area contributed by atoms with Crippen LogP contribution in [0.4, 0.5) is 0 Å². The van der Waals surface area contributed by atoms with Crippen LogP contribution in [0.2, 0.25) is 0 Å². The molecule has 0 spiro atoms. The van der Waals surface area contributed by atoms with Gasteiger partial charge in [0.1, 0.15) is 5.41 Å². The Morgan fingerprint density at radius 2 is 2.21 bits per heavy atom. The summed E-state index contributed by atoms with van der Waals surface area (Å²) < 4.78 is 1.04. The number of hydrogen-bond acceptors (Lipinski definition) is 3.